The molecule has 0 aliphatic carbocycles. The molecule has 2 aromatic rings. The van der Waals surface area contributed by atoms with Gasteiger partial charge in [-0.25, -0.2) is 4.98 Å². The van der Waals surface area contributed by atoms with E-state index in [4.69, 9.17) is 0 Å². The van der Waals surface area contributed by atoms with E-state index >= 15 is 0 Å². The van der Waals surface area contributed by atoms with E-state index in [2.05, 4.69) is 10.3 Å². The van der Waals surface area contributed by atoms with Crippen LogP contribution >= 0.6 is 0 Å². The summed E-state index contributed by atoms with van der Waals surface area (Å²) in [6.45, 7) is 2.15. The maximum atomic E-state index is 12.5. The third kappa shape index (κ3) is 3.84. The van der Waals surface area contributed by atoms with Crippen LogP contribution in [0.5, 0.6) is 0 Å². The van der Waals surface area contributed by atoms with Crippen molar-refractivity contribution < 1.29 is 18.0 Å². The highest BCUT2D eigenvalue weighted by Crippen LogP contribution is 2.28. The summed E-state index contributed by atoms with van der Waals surface area (Å²) in [6, 6.07) is 6.85. The lowest BCUT2D eigenvalue weighted by molar-refractivity contribution is -0.140. The zero-order valence-corrected chi connectivity index (χ0v) is 11.3. The van der Waals surface area contributed by atoms with E-state index < -0.39 is 11.9 Å². The molecule has 0 atom stereocenters. The minimum absolute atomic E-state index is 0.0523. The van der Waals surface area contributed by atoms with Gasteiger partial charge in [-0.3, -0.25) is 4.79 Å². The third-order valence-corrected chi connectivity index (χ3v) is 2.92. The molecule has 112 valence electrons. The molecule has 1 amide bonds. The Bertz CT molecular complexity index is 617. The number of aromatic nitrogens is 2. The fourth-order valence-corrected chi connectivity index (χ4v) is 1.72. The molecule has 0 fully saturated rings. The van der Waals surface area contributed by atoms with Crippen molar-refractivity contribution in [1.29, 1.82) is 0 Å². The number of nitrogens with one attached hydrogen (secondary N) is 1. The maximum Gasteiger partial charge on any atom is 0.434 e. The summed E-state index contributed by atoms with van der Waals surface area (Å²) in [5, 5.41) is 2.73. The van der Waals surface area contributed by atoms with Crippen LogP contribution in [0.15, 0.2) is 36.8 Å². The molecule has 0 aliphatic rings. The van der Waals surface area contributed by atoms with Gasteiger partial charge in [0.1, 0.15) is 0 Å². The summed E-state index contributed by atoms with van der Waals surface area (Å²) < 4.78 is 38.7. The summed E-state index contributed by atoms with van der Waals surface area (Å²) in [7, 11) is 0. The molecule has 0 unspecified atom stereocenters. The topological polar surface area (TPSA) is 46.9 Å². The zero-order valence-electron chi connectivity index (χ0n) is 11.3. The van der Waals surface area contributed by atoms with E-state index in [-0.39, 0.29) is 5.91 Å². The van der Waals surface area contributed by atoms with Gasteiger partial charge in [0.2, 0.25) is 5.91 Å². The van der Waals surface area contributed by atoms with Crippen molar-refractivity contribution in [1.82, 2.24) is 14.9 Å². The molecule has 7 heteroatoms. The van der Waals surface area contributed by atoms with Gasteiger partial charge in [-0.05, 0) is 17.7 Å². The molecule has 1 aromatic heterocycles. The number of halogens is 3. The van der Waals surface area contributed by atoms with Gasteiger partial charge in [0, 0.05) is 24.8 Å². The van der Waals surface area contributed by atoms with Gasteiger partial charge >= 0.3 is 6.18 Å². The van der Waals surface area contributed by atoms with Crippen LogP contribution in [0.3, 0.4) is 0 Å². The minimum atomic E-state index is -4.45. The summed E-state index contributed by atoms with van der Waals surface area (Å²) in [5.41, 5.74) is 0.516. The average molecular weight is 297 g/mol. The lowest BCUT2D eigenvalue weighted by atomic mass is 10.2. The molecule has 1 heterocycles. The third-order valence-electron chi connectivity index (χ3n) is 2.92. The Kier molecular flexibility index (Phi) is 4.30. The summed E-state index contributed by atoms with van der Waals surface area (Å²) in [6.07, 6.45) is -1.98. The molecule has 0 saturated carbocycles. The molecule has 0 bridgehead atoms. The number of hydrogen-bond donors (Lipinski definition) is 1. The first-order valence-corrected chi connectivity index (χ1v) is 6.37. The van der Waals surface area contributed by atoms with E-state index in [0.29, 0.717) is 18.7 Å². The van der Waals surface area contributed by atoms with Crippen molar-refractivity contribution in [2.45, 2.75) is 26.1 Å². The predicted molar refractivity (Wildman–Crippen MR) is 70.7 cm³/mol. The molecule has 0 spiro atoms. The van der Waals surface area contributed by atoms with E-state index in [9.17, 15) is 18.0 Å². The zero-order chi connectivity index (χ0) is 15.5. The van der Waals surface area contributed by atoms with Crippen LogP contribution < -0.4 is 5.32 Å². The van der Waals surface area contributed by atoms with Crippen LogP contribution in [-0.4, -0.2) is 15.5 Å². The Hall–Kier alpha value is -2.31. The van der Waals surface area contributed by atoms with Crippen LogP contribution in [-0.2, 0) is 17.5 Å². The van der Waals surface area contributed by atoms with Gasteiger partial charge in [-0.1, -0.05) is 19.1 Å². The van der Waals surface area contributed by atoms with Crippen molar-refractivity contribution in [2.75, 3.05) is 0 Å². The van der Waals surface area contributed by atoms with Crippen LogP contribution in [0.2, 0.25) is 0 Å². The molecular formula is C14H14F3N3O. The predicted octanol–water partition coefficient (Wildman–Crippen LogP) is 2.92. The van der Waals surface area contributed by atoms with Crippen molar-refractivity contribution in [2.24, 2.45) is 0 Å². The molecular weight excluding hydrogens is 283 g/mol. The Balaban J connectivity index is 2.08. The van der Waals surface area contributed by atoms with Crippen molar-refractivity contribution >= 4 is 5.91 Å². The number of hydrogen-bond acceptors (Lipinski definition) is 2. The maximum absolute atomic E-state index is 12.5. The monoisotopic (exact) mass is 297 g/mol. The molecule has 21 heavy (non-hydrogen) atoms. The highest BCUT2D eigenvalue weighted by molar-refractivity contribution is 5.75. The van der Waals surface area contributed by atoms with Gasteiger partial charge in [-0.15, -0.1) is 0 Å². The summed E-state index contributed by atoms with van der Waals surface area (Å²) in [4.78, 5) is 14.5. The van der Waals surface area contributed by atoms with Gasteiger partial charge in [0.15, 0.2) is 5.69 Å². The first-order chi connectivity index (χ1) is 9.90. The van der Waals surface area contributed by atoms with Gasteiger partial charge < -0.3 is 9.88 Å². The largest absolute Gasteiger partial charge is 0.434 e. The average Bonchev–Trinajstić information content (AvgIpc) is 2.95. The molecule has 4 nitrogen and oxygen atoms in total. The molecule has 0 saturated heterocycles. The molecule has 0 radical (unpaired) electrons. The number of carbonyl (C=O) groups excluding carboxylic acids is 1. The van der Waals surface area contributed by atoms with E-state index in [0.717, 1.165) is 18.1 Å². The van der Waals surface area contributed by atoms with Gasteiger partial charge in [-0.2, -0.15) is 13.2 Å². The fraction of sp³-hybridized carbons (Fsp3) is 0.286. The highest BCUT2D eigenvalue weighted by atomic mass is 19.4. The number of carbonyl (C=O) groups is 1. The second-order valence-corrected chi connectivity index (χ2v) is 4.46. The lowest BCUT2D eigenvalue weighted by Gasteiger charge is -2.06. The number of benzene rings is 1. The van der Waals surface area contributed by atoms with Gasteiger partial charge in [0.25, 0.3) is 0 Å². The second-order valence-electron chi connectivity index (χ2n) is 4.46. The van der Waals surface area contributed by atoms with Crippen LogP contribution in [0.25, 0.3) is 5.69 Å². The molecule has 0 aliphatic heterocycles. The highest BCUT2D eigenvalue weighted by Gasteiger charge is 2.33. The Labute approximate surface area is 119 Å². The van der Waals surface area contributed by atoms with Crippen LogP contribution in [0, 0.1) is 0 Å². The van der Waals surface area contributed by atoms with Gasteiger partial charge in [0.05, 0.1) is 6.33 Å². The number of amides is 1. The first-order valence-electron chi connectivity index (χ1n) is 6.37. The van der Waals surface area contributed by atoms with Crippen molar-refractivity contribution in [3.63, 3.8) is 0 Å². The number of imidazole rings is 1. The standard InChI is InChI=1S/C14H14F3N3O/c1-2-13(21)18-7-10-3-5-11(6-4-10)20-8-12(19-9-20)14(15,16)17/h3-6,8-9H,2,7H2,1H3,(H,18,21). The number of alkyl halides is 3. The quantitative estimate of drug-likeness (QED) is 0.943. The Morgan fingerprint density at radius 2 is 1.95 bits per heavy atom. The molecule has 2 rings (SSSR count). The van der Waals surface area contributed by atoms with Crippen molar-refractivity contribution in [3.05, 3.63) is 48.0 Å². The fourth-order valence-electron chi connectivity index (χ4n) is 1.72. The SMILES string of the molecule is CCC(=O)NCc1ccc(-n2cnc(C(F)(F)F)c2)cc1. The number of rotatable bonds is 4. The lowest BCUT2D eigenvalue weighted by Crippen LogP contribution is -2.21. The molecule has 1 N–H and O–H groups in total. The second kappa shape index (κ2) is 5.99. The van der Waals surface area contributed by atoms with E-state index in [1.165, 1.54) is 4.57 Å². The Morgan fingerprint density at radius 3 is 2.48 bits per heavy atom. The van der Waals surface area contributed by atoms with Crippen molar-refractivity contribution in [3.8, 4) is 5.69 Å². The number of nitrogens with zero attached hydrogens (tertiary/aromatic N) is 2. The van der Waals surface area contributed by atoms with E-state index in [1.54, 1.807) is 31.2 Å². The van der Waals surface area contributed by atoms with Crippen LogP contribution in [0.4, 0.5) is 13.2 Å². The minimum Gasteiger partial charge on any atom is -0.352 e. The molecule has 1 aromatic carbocycles. The van der Waals surface area contributed by atoms with E-state index in [1.807, 2.05) is 0 Å². The summed E-state index contributed by atoms with van der Waals surface area (Å²) in [5.74, 6) is -0.0523. The normalized spacial score (nSPS) is 11.4. The summed E-state index contributed by atoms with van der Waals surface area (Å²) >= 11 is 0. The first kappa shape index (κ1) is 15.1. The smallest absolute Gasteiger partial charge is 0.352 e. The Morgan fingerprint density at radius 1 is 1.29 bits per heavy atom. The van der Waals surface area contributed by atoms with Crippen LogP contribution in [0.1, 0.15) is 24.6 Å².